The molecule has 0 unspecified atom stereocenters. The first-order chi connectivity index (χ1) is 5.45. The second-order valence-corrected chi connectivity index (χ2v) is 5.23. The van der Waals surface area contributed by atoms with Crippen LogP contribution < -0.4 is 0 Å². The molecular formula is C10H14S. The van der Waals surface area contributed by atoms with Gasteiger partial charge in [-0.15, -0.1) is 0 Å². The SMILES string of the molecule is C1=C[C@H]2CC[C@H]1[C@@H]1CSC[C@@H]12. The predicted octanol–water partition coefficient (Wildman–Crippen LogP) is 2.56. The van der Waals surface area contributed by atoms with E-state index >= 15 is 0 Å². The van der Waals surface area contributed by atoms with Crippen molar-refractivity contribution in [2.24, 2.45) is 23.7 Å². The topological polar surface area (TPSA) is 0 Å². The maximum absolute atomic E-state index is 2.50. The van der Waals surface area contributed by atoms with E-state index < -0.39 is 0 Å². The molecule has 0 radical (unpaired) electrons. The van der Waals surface area contributed by atoms with Gasteiger partial charge in [-0.1, -0.05) is 12.2 Å². The van der Waals surface area contributed by atoms with Crippen LogP contribution in [0.2, 0.25) is 0 Å². The summed E-state index contributed by atoms with van der Waals surface area (Å²) in [5.74, 6) is 7.00. The van der Waals surface area contributed by atoms with Gasteiger partial charge in [-0.2, -0.15) is 11.8 Å². The van der Waals surface area contributed by atoms with Crippen LogP contribution in [0.4, 0.5) is 0 Å². The molecule has 1 heteroatoms. The largest absolute Gasteiger partial charge is 0.161 e. The molecule has 2 fully saturated rings. The van der Waals surface area contributed by atoms with E-state index in [0.29, 0.717) is 0 Å². The Labute approximate surface area is 72.4 Å². The molecule has 1 saturated heterocycles. The lowest BCUT2D eigenvalue weighted by Gasteiger charge is -2.40. The average molecular weight is 166 g/mol. The van der Waals surface area contributed by atoms with Crippen molar-refractivity contribution in [2.45, 2.75) is 12.8 Å². The Morgan fingerprint density at radius 3 is 1.91 bits per heavy atom. The van der Waals surface area contributed by atoms with Gasteiger partial charge in [-0.05, 0) is 48.0 Å². The van der Waals surface area contributed by atoms with Gasteiger partial charge >= 0.3 is 0 Å². The molecule has 1 saturated carbocycles. The Bertz CT molecular complexity index is 177. The van der Waals surface area contributed by atoms with Crippen molar-refractivity contribution in [3.63, 3.8) is 0 Å². The summed E-state index contributed by atoms with van der Waals surface area (Å²) in [5.41, 5.74) is 0. The van der Waals surface area contributed by atoms with Gasteiger partial charge < -0.3 is 0 Å². The number of hydrogen-bond acceptors (Lipinski definition) is 1. The van der Waals surface area contributed by atoms with Crippen LogP contribution in [0.15, 0.2) is 12.2 Å². The van der Waals surface area contributed by atoms with Crippen LogP contribution in [0, 0.1) is 23.7 Å². The zero-order chi connectivity index (χ0) is 7.26. The Morgan fingerprint density at radius 1 is 0.909 bits per heavy atom. The van der Waals surface area contributed by atoms with Crippen LogP contribution in [0.5, 0.6) is 0 Å². The molecule has 0 N–H and O–H groups in total. The van der Waals surface area contributed by atoms with Gasteiger partial charge in [0, 0.05) is 0 Å². The third kappa shape index (κ3) is 0.837. The van der Waals surface area contributed by atoms with E-state index in [4.69, 9.17) is 0 Å². The van der Waals surface area contributed by atoms with Crippen molar-refractivity contribution in [3.05, 3.63) is 12.2 Å². The van der Waals surface area contributed by atoms with Crippen LogP contribution in [-0.2, 0) is 0 Å². The molecule has 60 valence electrons. The van der Waals surface area contributed by atoms with Crippen molar-refractivity contribution in [1.82, 2.24) is 0 Å². The maximum atomic E-state index is 2.50. The fourth-order valence-corrected chi connectivity index (χ4v) is 4.72. The molecule has 3 aliphatic carbocycles. The molecule has 0 aromatic rings. The fourth-order valence-electron chi connectivity index (χ4n) is 3.05. The second kappa shape index (κ2) is 2.29. The summed E-state index contributed by atoms with van der Waals surface area (Å²) < 4.78 is 0. The van der Waals surface area contributed by atoms with Crippen molar-refractivity contribution in [3.8, 4) is 0 Å². The second-order valence-electron chi connectivity index (χ2n) is 4.16. The number of allylic oxidation sites excluding steroid dienone is 2. The third-order valence-electron chi connectivity index (χ3n) is 3.71. The van der Waals surface area contributed by atoms with Gasteiger partial charge in [-0.25, -0.2) is 0 Å². The van der Waals surface area contributed by atoms with E-state index in [1.165, 1.54) is 24.3 Å². The normalized spacial score (nSPS) is 53.1. The number of thioether (sulfide) groups is 1. The maximum Gasteiger partial charge on any atom is -0.00302 e. The van der Waals surface area contributed by atoms with Crippen molar-refractivity contribution in [2.75, 3.05) is 11.5 Å². The fraction of sp³-hybridized carbons (Fsp3) is 0.800. The molecule has 2 bridgehead atoms. The molecule has 0 aromatic heterocycles. The standard InChI is InChI=1S/C10H14S/c1-2-8-4-3-7(1)9-5-11-6-10(8)9/h1-2,7-10H,3-6H2/t7-,8-,9-,10+/m0/s1. The smallest absolute Gasteiger partial charge is 0.00302 e. The summed E-state index contributed by atoms with van der Waals surface area (Å²) in [6, 6.07) is 0. The summed E-state index contributed by atoms with van der Waals surface area (Å²) in [6.07, 6.45) is 7.98. The molecule has 1 heterocycles. The van der Waals surface area contributed by atoms with Gasteiger partial charge in [0.05, 0.1) is 0 Å². The molecule has 11 heavy (non-hydrogen) atoms. The molecule has 0 aromatic carbocycles. The highest BCUT2D eigenvalue weighted by Crippen LogP contribution is 2.50. The minimum absolute atomic E-state index is 0.972. The first-order valence-corrected chi connectivity index (χ1v) is 5.87. The minimum Gasteiger partial charge on any atom is -0.161 e. The Morgan fingerprint density at radius 2 is 1.45 bits per heavy atom. The number of hydrogen-bond donors (Lipinski definition) is 0. The lowest BCUT2D eigenvalue weighted by Crippen LogP contribution is -2.35. The molecule has 0 amide bonds. The van der Waals surface area contributed by atoms with Crippen LogP contribution in [0.25, 0.3) is 0 Å². The van der Waals surface area contributed by atoms with Gasteiger partial charge in [-0.3, -0.25) is 0 Å². The quantitative estimate of drug-likeness (QED) is 0.498. The van der Waals surface area contributed by atoms with Crippen LogP contribution in [0.1, 0.15) is 12.8 Å². The highest BCUT2D eigenvalue weighted by atomic mass is 32.2. The third-order valence-corrected chi connectivity index (χ3v) is 4.95. The highest BCUT2D eigenvalue weighted by Gasteiger charge is 2.43. The van der Waals surface area contributed by atoms with Crippen molar-refractivity contribution in [1.29, 1.82) is 0 Å². The first kappa shape index (κ1) is 6.59. The van der Waals surface area contributed by atoms with Gasteiger partial charge in [0.15, 0.2) is 0 Å². The Kier molecular flexibility index (Phi) is 1.37. The van der Waals surface area contributed by atoms with Gasteiger partial charge in [0.1, 0.15) is 0 Å². The molecule has 4 atom stereocenters. The zero-order valence-corrected chi connectivity index (χ0v) is 7.52. The van der Waals surface area contributed by atoms with E-state index in [1.54, 1.807) is 0 Å². The van der Waals surface area contributed by atoms with Gasteiger partial charge in [0.2, 0.25) is 0 Å². The van der Waals surface area contributed by atoms with Crippen LogP contribution >= 0.6 is 11.8 Å². The minimum atomic E-state index is 0.972. The number of fused-ring (bicyclic) bond motifs is 1. The van der Waals surface area contributed by atoms with E-state index in [1.807, 2.05) is 0 Å². The molecule has 1 aliphatic heterocycles. The lowest BCUT2D eigenvalue weighted by atomic mass is 9.64. The monoisotopic (exact) mass is 166 g/mol. The van der Waals surface area contributed by atoms with Crippen molar-refractivity contribution >= 4 is 11.8 Å². The zero-order valence-electron chi connectivity index (χ0n) is 6.70. The van der Waals surface area contributed by atoms with Crippen molar-refractivity contribution < 1.29 is 0 Å². The highest BCUT2D eigenvalue weighted by molar-refractivity contribution is 7.99. The van der Waals surface area contributed by atoms with Crippen LogP contribution in [0.3, 0.4) is 0 Å². The molecule has 4 rings (SSSR count). The lowest BCUT2D eigenvalue weighted by molar-refractivity contribution is 0.169. The van der Waals surface area contributed by atoms with E-state index in [2.05, 4.69) is 23.9 Å². The van der Waals surface area contributed by atoms with Gasteiger partial charge in [0.25, 0.3) is 0 Å². The van der Waals surface area contributed by atoms with E-state index in [9.17, 15) is 0 Å². The summed E-state index contributed by atoms with van der Waals surface area (Å²) in [7, 11) is 0. The molecule has 0 spiro atoms. The Balaban J connectivity index is 1.97. The summed E-state index contributed by atoms with van der Waals surface area (Å²) in [5, 5.41) is 0. The van der Waals surface area contributed by atoms with E-state index in [0.717, 1.165) is 23.7 Å². The summed E-state index contributed by atoms with van der Waals surface area (Å²) in [6.45, 7) is 0. The first-order valence-electron chi connectivity index (χ1n) is 4.71. The Hall–Kier alpha value is 0.0900. The summed E-state index contributed by atoms with van der Waals surface area (Å²) in [4.78, 5) is 0. The average Bonchev–Trinajstić information content (AvgIpc) is 2.55. The number of rotatable bonds is 0. The molecule has 0 nitrogen and oxygen atoms in total. The molecule has 4 aliphatic rings. The molecular weight excluding hydrogens is 152 g/mol. The predicted molar refractivity (Wildman–Crippen MR) is 49.7 cm³/mol. The summed E-state index contributed by atoms with van der Waals surface area (Å²) >= 11 is 2.19. The van der Waals surface area contributed by atoms with Crippen LogP contribution in [-0.4, -0.2) is 11.5 Å². The van der Waals surface area contributed by atoms with E-state index in [-0.39, 0.29) is 0 Å².